The van der Waals surface area contributed by atoms with Gasteiger partial charge < -0.3 is 18.6 Å². The van der Waals surface area contributed by atoms with Crippen LogP contribution in [0.15, 0.2) is 57.5 Å². The van der Waals surface area contributed by atoms with Crippen LogP contribution in [0.3, 0.4) is 0 Å². The Hall–Kier alpha value is -3.83. The third-order valence-corrected chi connectivity index (χ3v) is 6.07. The maximum Gasteiger partial charge on any atom is 0.236 e. The molecular weight excluding hydrogens is 454 g/mol. The topological polar surface area (TPSA) is 101 Å². The molecule has 172 valence electrons. The number of hydrogen-bond donors (Lipinski definition) is 0. The van der Waals surface area contributed by atoms with Crippen molar-refractivity contribution >= 4 is 17.5 Å². The zero-order chi connectivity index (χ0) is 23.5. The molecule has 0 saturated carbocycles. The Labute approximate surface area is 201 Å². The first-order valence-electron chi connectivity index (χ1n) is 11.0. The number of halogens is 1. The van der Waals surface area contributed by atoms with E-state index in [9.17, 15) is 5.26 Å². The Bertz CT molecular complexity index is 1300. The van der Waals surface area contributed by atoms with Gasteiger partial charge in [0.2, 0.25) is 29.2 Å². The lowest BCUT2D eigenvalue weighted by Crippen LogP contribution is -2.33. The monoisotopic (exact) mass is 475 g/mol. The second kappa shape index (κ2) is 9.57. The molecule has 8 nitrogen and oxygen atoms in total. The molecule has 0 unspecified atom stereocenters. The third-order valence-electron chi connectivity index (χ3n) is 5.82. The van der Waals surface area contributed by atoms with E-state index in [-0.39, 0.29) is 18.2 Å². The Morgan fingerprint density at radius 2 is 1.82 bits per heavy atom. The van der Waals surface area contributed by atoms with E-state index in [2.05, 4.69) is 21.2 Å². The van der Waals surface area contributed by atoms with E-state index in [4.69, 9.17) is 25.3 Å². The minimum atomic E-state index is 0.122. The van der Waals surface area contributed by atoms with Crippen molar-refractivity contribution in [2.24, 2.45) is 0 Å². The quantitative estimate of drug-likeness (QED) is 0.359. The van der Waals surface area contributed by atoms with E-state index < -0.39 is 0 Å². The Morgan fingerprint density at radius 1 is 1.09 bits per heavy atom. The lowest BCUT2D eigenvalue weighted by molar-refractivity contribution is 0.262. The van der Waals surface area contributed by atoms with Crippen molar-refractivity contribution in [1.82, 2.24) is 15.1 Å². The van der Waals surface area contributed by atoms with E-state index >= 15 is 0 Å². The van der Waals surface area contributed by atoms with Gasteiger partial charge in [0.1, 0.15) is 11.8 Å². The van der Waals surface area contributed by atoms with Gasteiger partial charge in [0.15, 0.2) is 6.61 Å². The average Bonchev–Trinajstić information content (AvgIpc) is 3.52. The van der Waals surface area contributed by atoms with Crippen molar-refractivity contribution in [1.29, 1.82) is 5.26 Å². The van der Waals surface area contributed by atoms with Gasteiger partial charge in [-0.25, -0.2) is 0 Å². The summed E-state index contributed by atoms with van der Waals surface area (Å²) in [5.74, 6) is 2.87. The van der Waals surface area contributed by atoms with Gasteiger partial charge in [-0.3, -0.25) is 0 Å². The molecule has 0 radical (unpaired) electrons. The zero-order valence-electron chi connectivity index (χ0n) is 18.6. The largest absolute Gasteiger partial charge is 0.484 e. The summed E-state index contributed by atoms with van der Waals surface area (Å²) in [4.78, 5) is 10.9. The van der Waals surface area contributed by atoms with E-state index in [1.165, 1.54) is 5.56 Å². The van der Waals surface area contributed by atoms with Gasteiger partial charge >= 0.3 is 0 Å². The van der Waals surface area contributed by atoms with Crippen molar-refractivity contribution in [3.63, 3.8) is 0 Å². The summed E-state index contributed by atoms with van der Waals surface area (Å²) in [5, 5.41) is 14.3. The van der Waals surface area contributed by atoms with Gasteiger partial charge in [0.25, 0.3) is 0 Å². The molecule has 0 atom stereocenters. The van der Waals surface area contributed by atoms with Crippen LogP contribution in [0.25, 0.3) is 11.4 Å². The molecule has 34 heavy (non-hydrogen) atoms. The molecule has 0 N–H and O–H groups in total. The Balaban J connectivity index is 1.22. The number of nitriles is 1. The molecule has 0 aliphatic carbocycles. The predicted molar refractivity (Wildman–Crippen MR) is 126 cm³/mol. The molecular formula is C25H22ClN5O3. The Morgan fingerprint density at radius 3 is 2.53 bits per heavy atom. The molecule has 0 bridgehead atoms. The second-order valence-electron chi connectivity index (χ2n) is 8.20. The first-order valence-corrected chi connectivity index (χ1v) is 11.4. The van der Waals surface area contributed by atoms with Crippen molar-refractivity contribution < 1.29 is 13.7 Å². The van der Waals surface area contributed by atoms with Crippen LogP contribution >= 0.6 is 11.6 Å². The molecule has 1 aliphatic rings. The molecule has 3 heterocycles. The maximum absolute atomic E-state index is 9.55. The van der Waals surface area contributed by atoms with E-state index in [1.807, 2.05) is 36.1 Å². The highest BCUT2D eigenvalue weighted by Gasteiger charge is 2.29. The minimum Gasteiger partial charge on any atom is -0.484 e. The second-order valence-corrected chi connectivity index (χ2v) is 8.64. The normalized spacial score (nSPS) is 14.2. The van der Waals surface area contributed by atoms with Crippen LogP contribution in [-0.4, -0.2) is 28.2 Å². The molecule has 9 heteroatoms. The number of piperidine rings is 1. The van der Waals surface area contributed by atoms with Crippen molar-refractivity contribution in [3.8, 4) is 23.2 Å². The summed E-state index contributed by atoms with van der Waals surface area (Å²) in [6.45, 7) is 3.54. The lowest BCUT2D eigenvalue weighted by atomic mass is 9.97. The number of aryl methyl sites for hydroxylation is 1. The number of benzene rings is 2. The van der Waals surface area contributed by atoms with E-state index in [0.29, 0.717) is 47.4 Å². The van der Waals surface area contributed by atoms with Crippen LogP contribution in [0.2, 0.25) is 5.02 Å². The van der Waals surface area contributed by atoms with Crippen LogP contribution in [0.1, 0.15) is 41.8 Å². The number of rotatable bonds is 6. The first kappa shape index (κ1) is 22.0. The van der Waals surface area contributed by atoms with E-state index in [0.717, 1.165) is 18.4 Å². The first-order chi connectivity index (χ1) is 16.6. The van der Waals surface area contributed by atoms with Crippen LogP contribution < -0.4 is 9.64 Å². The number of hydrogen-bond acceptors (Lipinski definition) is 8. The SMILES string of the molecule is Cc1ccc(-c2noc(C3CCN(c4oc(COc5ccc(Cl)cc5)nc4C#N)CC3)n2)cc1. The fourth-order valence-electron chi connectivity index (χ4n) is 3.93. The molecule has 1 saturated heterocycles. The van der Waals surface area contributed by atoms with Crippen LogP contribution in [0, 0.1) is 18.3 Å². The average molecular weight is 476 g/mol. The molecule has 0 amide bonds. The Kier molecular flexibility index (Phi) is 6.19. The van der Waals surface area contributed by atoms with Gasteiger partial charge in [-0.15, -0.1) is 0 Å². The number of aromatic nitrogens is 3. The van der Waals surface area contributed by atoms with Crippen LogP contribution in [0.4, 0.5) is 5.88 Å². The number of ether oxygens (including phenoxy) is 1. The van der Waals surface area contributed by atoms with Crippen molar-refractivity contribution in [3.05, 3.63) is 76.6 Å². The van der Waals surface area contributed by atoms with Gasteiger partial charge in [-0.1, -0.05) is 46.6 Å². The summed E-state index contributed by atoms with van der Waals surface area (Å²) in [6.07, 6.45) is 1.61. The fourth-order valence-corrected chi connectivity index (χ4v) is 4.06. The van der Waals surface area contributed by atoms with Crippen LogP contribution in [-0.2, 0) is 6.61 Å². The summed E-state index contributed by atoms with van der Waals surface area (Å²) >= 11 is 5.90. The maximum atomic E-state index is 9.55. The smallest absolute Gasteiger partial charge is 0.236 e. The standard InChI is InChI=1S/C25H22ClN5O3/c1-16-2-4-17(5-3-16)23-29-24(34-30-23)18-10-12-31(13-11-18)25-21(14-27)28-22(33-25)15-32-20-8-6-19(26)7-9-20/h2-9,18H,10-13,15H2,1H3. The number of anilines is 1. The molecule has 5 rings (SSSR count). The van der Waals surface area contributed by atoms with E-state index in [1.54, 1.807) is 24.3 Å². The molecule has 2 aromatic heterocycles. The highest BCUT2D eigenvalue weighted by atomic mass is 35.5. The predicted octanol–water partition coefficient (Wildman–Crippen LogP) is 5.52. The molecule has 1 fully saturated rings. The summed E-state index contributed by atoms with van der Waals surface area (Å²) in [5.41, 5.74) is 2.38. The van der Waals surface area contributed by atoms with Crippen molar-refractivity contribution in [2.75, 3.05) is 18.0 Å². The minimum absolute atomic E-state index is 0.122. The lowest BCUT2D eigenvalue weighted by Gasteiger charge is -2.29. The van der Waals surface area contributed by atoms with Crippen molar-refractivity contribution in [2.45, 2.75) is 32.3 Å². The number of oxazole rings is 1. The molecule has 2 aromatic carbocycles. The molecule has 1 aliphatic heterocycles. The van der Waals surface area contributed by atoms with Gasteiger partial charge in [0, 0.05) is 29.6 Å². The summed E-state index contributed by atoms with van der Waals surface area (Å²) in [6, 6.07) is 17.2. The van der Waals surface area contributed by atoms with Gasteiger partial charge in [-0.05, 0) is 44.0 Å². The summed E-state index contributed by atoms with van der Waals surface area (Å²) in [7, 11) is 0. The fraction of sp³-hybridized carbons (Fsp3) is 0.280. The highest BCUT2D eigenvalue weighted by molar-refractivity contribution is 6.30. The molecule has 4 aromatic rings. The summed E-state index contributed by atoms with van der Waals surface area (Å²) < 4.78 is 17.2. The van der Waals surface area contributed by atoms with Gasteiger partial charge in [-0.2, -0.15) is 15.2 Å². The van der Waals surface area contributed by atoms with Gasteiger partial charge in [0.05, 0.1) is 0 Å². The third kappa shape index (κ3) is 4.75. The zero-order valence-corrected chi connectivity index (χ0v) is 19.3. The highest BCUT2D eigenvalue weighted by Crippen LogP contribution is 2.32. The van der Waals surface area contributed by atoms with Crippen LogP contribution in [0.5, 0.6) is 5.75 Å². The number of nitrogens with zero attached hydrogens (tertiary/aromatic N) is 5. The molecule has 0 spiro atoms.